The number of halogens is 3. The Bertz CT molecular complexity index is 300. The Kier molecular flexibility index (Phi) is 3.17. The molecule has 0 unspecified atom stereocenters. The third-order valence-corrected chi connectivity index (χ3v) is 1.51. The summed E-state index contributed by atoms with van der Waals surface area (Å²) in [4.78, 5) is 0. The van der Waals surface area contributed by atoms with Crippen LogP contribution in [0.15, 0.2) is 30.3 Å². The highest BCUT2D eigenvalue weighted by molar-refractivity contribution is 5.28. The fraction of sp³-hybridized carbons (Fsp3) is 0.200. The molecule has 0 aliphatic carbocycles. The molecule has 0 fully saturated rings. The molecule has 14 heavy (non-hydrogen) atoms. The van der Waals surface area contributed by atoms with E-state index < -0.39 is 6.36 Å². The number of allylic oxidation sites excluding steroid dienone is 1. The fourth-order valence-corrected chi connectivity index (χ4v) is 0.963. The van der Waals surface area contributed by atoms with E-state index in [1.54, 1.807) is 0 Å². The van der Waals surface area contributed by atoms with E-state index in [1.807, 2.05) is 0 Å². The van der Waals surface area contributed by atoms with Gasteiger partial charge in [0.05, 0.1) is 0 Å². The lowest BCUT2D eigenvalue weighted by atomic mass is 10.1. The molecule has 1 aromatic rings. The van der Waals surface area contributed by atoms with Crippen LogP contribution in [-0.4, -0.2) is 6.36 Å². The summed E-state index contributed by atoms with van der Waals surface area (Å²) >= 11 is 0. The van der Waals surface area contributed by atoms with Crippen LogP contribution in [0.25, 0.3) is 0 Å². The predicted molar refractivity (Wildman–Crippen MR) is 45.7 cm³/mol. The first kappa shape index (κ1) is 10.6. The summed E-state index contributed by atoms with van der Waals surface area (Å²) in [5.74, 6) is -0.224. The number of hydrogen-bond acceptors (Lipinski definition) is 1. The van der Waals surface area contributed by atoms with Crippen molar-refractivity contribution < 1.29 is 17.9 Å². The number of alkyl halides is 3. The second kappa shape index (κ2) is 4.17. The molecule has 0 heterocycles. The molecule has 1 nitrogen and oxygen atoms in total. The Morgan fingerprint density at radius 3 is 2.21 bits per heavy atom. The average molecular weight is 201 g/mol. The highest BCUT2D eigenvalue weighted by Gasteiger charge is 2.30. The Labute approximate surface area is 79.8 Å². The molecule has 0 bridgehead atoms. The van der Waals surface area contributed by atoms with Crippen molar-refractivity contribution in [3.05, 3.63) is 42.5 Å². The van der Waals surface area contributed by atoms with Gasteiger partial charge in [0, 0.05) is 0 Å². The van der Waals surface area contributed by atoms with Gasteiger partial charge in [0.2, 0.25) is 0 Å². The second-order valence-corrected chi connectivity index (χ2v) is 2.63. The van der Waals surface area contributed by atoms with Crippen molar-refractivity contribution >= 4 is 0 Å². The topological polar surface area (TPSA) is 9.23 Å². The molecular formula is C10H8F3O. The van der Waals surface area contributed by atoms with Gasteiger partial charge in [-0.1, -0.05) is 24.8 Å². The average Bonchev–Trinajstić information content (AvgIpc) is 2.06. The molecule has 0 aromatic heterocycles. The number of rotatable bonds is 3. The lowest BCUT2D eigenvalue weighted by Crippen LogP contribution is -2.16. The number of hydrogen-bond donors (Lipinski definition) is 0. The highest BCUT2D eigenvalue weighted by atomic mass is 19.4. The normalized spacial score (nSPS) is 11.1. The van der Waals surface area contributed by atoms with Gasteiger partial charge in [0.1, 0.15) is 5.75 Å². The highest BCUT2D eigenvalue weighted by Crippen LogP contribution is 2.22. The van der Waals surface area contributed by atoms with Crippen LogP contribution < -0.4 is 4.74 Å². The minimum absolute atomic E-state index is 0.224. The molecule has 0 aliphatic heterocycles. The van der Waals surface area contributed by atoms with Crippen LogP contribution in [0.2, 0.25) is 0 Å². The SMILES string of the molecule is [CH]=CCc1ccc(OC(F)(F)F)cc1. The summed E-state index contributed by atoms with van der Waals surface area (Å²) in [7, 11) is 0. The van der Waals surface area contributed by atoms with Crippen LogP contribution in [-0.2, 0) is 6.42 Å². The van der Waals surface area contributed by atoms with Crippen molar-refractivity contribution in [2.45, 2.75) is 12.8 Å². The third-order valence-electron chi connectivity index (χ3n) is 1.51. The van der Waals surface area contributed by atoms with Crippen LogP contribution in [0.5, 0.6) is 5.75 Å². The van der Waals surface area contributed by atoms with E-state index in [1.165, 1.54) is 30.3 Å². The summed E-state index contributed by atoms with van der Waals surface area (Å²) in [5, 5.41) is 0. The molecule has 75 valence electrons. The van der Waals surface area contributed by atoms with E-state index >= 15 is 0 Å². The minimum Gasteiger partial charge on any atom is -0.406 e. The van der Waals surface area contributed by atoms with Gasteiger partial charge in [-0.3, -0.25) is 0 Å². The summed E-state index contributed by atoms with van der Waals surface area (Å²) < 4.78 is 38.9. The molecule has 0 spiro atoms. The maximum absolute atomic E-state index is 11.7. The molecule has 0 amide bonds. The van der Waals surface area contributed by atoms with E-state index in [2.05, 4.69) is 4.74 Å². The second-order valence-electron chi connectivity index (χ2n) is 2.63. The number of benzene rings is 1. The largest absolute Gasteiger partial charge is 0.573 e. The number of ether oxygens (including phenoxy) is 1. The molecule has 0 aliphatic rings. The Hall–Kier alpha value is -1.45. The first-order chi connectivity index (χ1) is 6.51. The summed E-state index contributed by atoms with van der Waals surface area (Å²) in [6.07, 6.45) is -2.69. The maximum atomic E-state index is 11.7. The molecule has 1 rings (SSSR count). The smallest absolute Gasteiger partial charge is 0.406 e. The van der Waals surface area contributed by atoms with Gasteiger partial charge < -0.3 is 4.74 Å². The maximum Gasteiger partial charge on any atom is 0.573 e. The summed E-state index contributed by atoms with van der Waals surface area (Å²) in [5.41, 5.74) is 0.835. The van der Waals surface area contributed by atoms with Crippen LogP contribution in [0.1, 0.15) is 5.56 Å². The van der Waals surface area contributed by atoms with Crippen LogP contribution in [0, 0.1) is 6.58 Å². The van der Waals surface area contributed by atoms with E-state index in [4.69, 9.17) is 6.58 Å². The molecule has 0 saturated carbocycles. The van der Waals surface area contributed by atoms with Crippen molar-refractivity contribution in [2.24, 2.45) is 0 Å². The van der Waals surface area contributed by atoms with Gasteiger partial charge in [-0.05, 0) is 24.1 Å². The van der Waals surface area contributed by atoms with Crippen molar-refractivity contribution in [1.82, 2.24) is 0 Å². The third kappa shape index (κ3) is 3.51. The lowest BCUT2D eigenvalue weighted by Gasteiger charge is -2.08. The molecular weight excluding hydrogens is 193 g/mol. The molecule has 4 heteroatoms. The van der Waals surface area contributed by atoms with Crippen molar-refractivity contribution in [3.63, 3.8) is 0 Å². The lowest BCUT2D eigenvalue weighted by molar-refractivity contribution is -0.274. The fourth-order valence-electron chi connectivity index (χ4n) is 0.963. The molecule has 1 aromatic carbocycles. The predicted octanol–water partition coefficient (Wildman–Crippen LogP) is 3.12. The monoisotopic (exact) mass is 201 g/mol. The van der Waals surface area contributed by atoms with Gasteiger partial charge in [-0.25, -0.2) is 0 Å². The molecule has 0 N–H and O–H groups in total. The van der Waals surface area contributed by atoms with Crippen LogP contribution in [0.3, 0.4) is 0 Å². The van der Waals surface area contributed by atoms with Gasteiger partial charge in [0.25, 0.3) is 0 Å². The van der Waals surface area contributed by atoms with Gasteiger partial charge in [-0.2, -0.15) is 0 Å². The van der Waals surface area contributed by atoms with Gasteiger partial charge >= 0.3 is 6.36 Å². The van der Waals surface area contributed by atoms with E-state index in [0.717, 1.165) is 5.56 Å². The molecule has 1 radical (unpaired) electrons. The van der Waals surface area contributed by atoms with Crippen molar-refractivity contribution in [3.8, 4) is 5.75 Å². The Morgan fingerprint density at radius 1 is 1.21 bits per heavy atom. The molecule has 0 atom stereocenters. The Balaban J connectivity index is 2.68. The van der Waals surface area contributed by atoms with E-state index in [-0.39, 0.29) is 5.75 Å². The van der Waals surface area contributed by atoms with Gasteiger partial charge in [0.15, 0.2) is 0 Å². The van der Waals surface area contributed by atoms with Crippen molar-refractivity contribution in [2.75, 3.05) is 0 Å². The minimum atomic E-state index is -4.64. The zero-order valence-electron chi connectivity index (χ0n) is 7.21. The summed E-state index contributed by atoms with van der Waals surface area (Å²) in [6, 6.07) is 5.58. The van der Waals surface area contributed by atoms with Crippen LogP contribution >= 0.6 is 0 Å². The summed E-state index contributed by atoms with van der Waals surface area (Å²) in [6.45, 7) is 5.16. The van der Waals surface area contributed by atoms with E-state index in [0.29, 0.717) is 6.42 Å². The molecule has 0 saturated heterocycles. The first-order valence-corrected chi connectivity index (χ1v) is 3.89. The standard InChI is InChI=1S/C10H8F3O/c1-2-3-8-4-6-9(7-5-8)14-10(11,12)13/h1-2,4-7H,3H2. The van der Waals surface area contributed by atoms with Gasteiger partial charge in [-0.15, -0.1) is 13.2 Å². The zero-order valence-corrected chi connectivity index (χ0v) is 7.21. The quantitative estimate of drug-likeness (QED) is 0.730. The zero-order chi connectivity index (χ0) is 10.6. The first-order valence-electron chi connectivity index (χ1n) is 3.89. The van der Waals surface area contributed by atoms with Crippen LogP contribution in [0.4, 0.5) is 13.2 Å². The van der Waals surface area contributed by atoms with Crippen molar-refractivity contribution in [1.29, 1.82) is 0 Å². The Morgan fingerprint density at radius 2 is 1.79 bits per heavy atom. The van der Waals surface area contributed by atoms with E-state index in [9.17, 15) is 13.2 Å².